The van der Waals surface area contributed by atoms with E-state index in [1.807, 2.05) is 11.3 Å². The van der Waals surface area contributed by atoms with Crippen molar-refractivity contribution in [2.24, 2.45) is 0 Å². The van der Waals surface area contributed by atoms with Gasteiger partial charge in [-0.15, -0.1) is 11.3 Å². The van der Waals surface area contributed by atoms with Crippen molar-refractivity contribution in [3.8, 4) is 44.8 Å². The van der Waals surface area contributed by atoms with Crippen LogP contribution in [0.2, 0.25) is 0 Å². The molecule has 15 aromatic rings. The molecule has 3 nitrogen and oxygen atoms in total. The van der Waals surface area contributed by atoms with Crippen molar-refractivity contribution in [2.45, 2.75) is 0 Å². The predicted molar refractivity (Wildman–Crippen MR) is 317 cm³/mol. The Morgan fingerprint density at radius 2 is 0.797 bits per heavy atom. The monoisotopic (exact) mass is 959 g/mol. The molecule has 0 bridgehead atoms. The van der Waals surface area contributed by atoms with E-state index in [-0.39, 0.29) is 0 Å². The highest BCUT2D eigenvalue weighted by Crippen LogP contribution is 2.48. The van der Waals surface area contributed by atoms with Gasteiger partial charge in [0.2, 0.25) is 0 Å². The summed E-state index contributed by atoms with van der Waals surface area (Å²) in [5.74, 6) is 0. The minimum absolute atomic E-state index is 1.10. The molecule has 3 heterocycles. The Morgan fingerprint density at radius 1 is 0.284 bits per heavy atom. The molecule has 12 aromatic carbocycles. The smallest absolute Gasteiger partial charge is 0.0640 e. The first-order chi connectivity index (χ1) is 36.7. The van der Waals surface area contributed by atoms with E-state index < -0.39 is 0 Å². The highest BCUT2D eigenvalue weighted by Gasteiger charge is 2.21. The van der Waals surface area contributed by atoms with Crippen LogP contribution in [0, 0.1) is 0 Å². The van der Waals surface area contributed by atoms with E-state index in [4.69, 9.17) is 0 Å². The maximum absolute atomic E-state index is 2.45. The molecule has 0 unspecified atom stereocenters. The summed E-state index contributed by atoms with van der Waals surface area (Å²) in [6.45, 7) is 0. The first-order valence-electron chi connectivity index (χ1n) is 25.3. The predicted octanol–water partition coefficient (Wildman–Crippen LogP) is 19.9. The van der Waals surface area contributed by atoms with Gasteiger partial charge in [0.1, 0.15) is 0 Å². The van der Waals surface area contributed by atoms with Gasteiger partial charge < -0.3 is 14.0 Å². The number of benzene rings is 12. The minimum atomic E-state index is 1.10. The number of hydrogen-bond acceptors (Lipinski definition) is 2. The van der Waals surface area contributed by atoms with Gasteiger partial charge in [0.15, 0.2) is 0 Å². The number of fused-ring (bicyclic) bond motifs is 11. The molecule has 15 rings (SSSR count). The summed E-state index contributed by atoms with van der Waals surface area (Å²) in [6, 6.07) is 100. The van der Waals surface area contributed by atoms with Gasteiger partial charge in [-0.2, -0.15) is 0 Å². The lowest BCUT2D eigenvalue weighted by Crippen LogP contribution is -2.10. The summed E-state index contributed by atoms with van der Waals surface area (Å²) >= 11 is 1.88. The molecule has 0 saturated heterocycles. The lowest BCUT2D eigenvalue weighted by atomic mass is 9.92. The van der Waals surface area contributed by atoms with Crippen LogP contribution in [0.3, 0.4) is 0 Å². The number of rotatable bonds is 8. The van der Waals surface area contributed by atoms with E-state index in [2.05, 4.69) is 287 Å². The highest BCUT2D eigenvalue weighted by molar-refractivity contribution is 7.26. The molecule has 346 valence electrons. The first-order valence-corrected chi connectivity index (χ1v) is 26.1. The molecule has 0 aliphatic rings. The quantitative estimate of drug-likeness (QED) is 0.148. The SMILES string of the molecule is c1ccc(N(c2cccc(-c3cc(-c4ccc5c(c4)c4ccccc4n5-c4ccccc4)cc(-c4ccc5c6ccccc6n(-c6ccccc6)c5c4)c3)c2)c2cccc3c2sc2ccc4ccccc4c23)cc1. The molecule has 0 saturated carbocycles. The summed E-state index contributed by atoms with van der Waals surface area (Å²) in [5, 5.41) is 10.1. The van der Waals surface area contributed by atoms with Gasteiger partial charge in [0.05, 0.1) is 32.5 Å². The van der Waals surface area contributed by atoms with Gasteiger partial charge in [-0.25, -0.2) is 0 Å². The van der Waals surface area contributed by atoms with E-state index in [1.165, 1.54) is 80.1 Å². The number of aromatic nitrogens is 2. The second kappa shape index (κ2) is 17.1. The molecular weight excluding hydrogens is 915 g/mol. The third-order valence-electron chi connectivity index (χ3n) is 15.0. The third kappa shape index (κ3) is 6.80. The Kier molecular flexibility index (Phi) is 9.75. The lowest BCUT2D eigenvalue weighted by molar-refractivity contribution is 1.18. The van der Waals surface area contributed by atoms with Gasteiger partial charge in [-0.05, 0) is 153 Å². The van der Waals surface area contributed by atoms with Crippen molar-refractivity contribution in [3.05, 3.63) is 273 Å². The molecular formula is C70H45N3S. The van der Waals surface area contributed by atoms with Crippen LogP contribution in [-0.2, 0) is 0 Å². The summed E-state index contributed by atoms with van der Waals surface area (Å²) in [5.41, 5.74) is 17.4. The van der Waals surface area contributed by atoms with Crippen molar-refractivity contribution in [3.63, 3.8) is 0 Å². The summed E-state index contributed by atoms with van der Waals surface area (Å²) in [6.07, 6.45) is 0. The average molecular weight is 960 g/mol. The largest absolute Gasteiger partial charge is 0.309 e. The van der Waals surface area contributed by atoms with Crippen LogP contribution in [0.4, 0.5) is 17.1 Å². The highest BCUT2D eigenvalue weighted by atomic mass is 32.1. The molecule has 4 heteroatoms. The molecule has 0 atom stereocenters. The van der Waals surface area contributed by atoms with E-state index in [9.17, 15) is 0 Å². The van der Waals surface area contributed by atoms with Crippen LogP contribution < -0.4 is 4.90 Å². The van der Waals surface area contributed by atoms with Crippen LogP contribution in [-0.4, -0.2) is 9.13 Å². The van der Waals surface area contributed by atoms with Gasteiger partial charge in [-0.3, -0.25) is 0 Å². The first kappa shape index (κ1) is 42.2. The van der Waals surface area contributed by atoms with Crippen molar-refractivity contribution in [1.82, 2.24) is 9.13 Å². The van der Waals surface area contributed by atoms with Crippen molar-refractivity contribution < 1.29 is 0 Å². The lowest BCUT2D eigenvalue weighted by Gasteiger charge is -2.26. The molecule has 3 aromatic heterocycles. The summed E-state index contributed by atoms with van der Waals surface area (Å²) in [4.78, 5) is 2.45. The second-order valence-corrected chi connectivity index (χ2v) is 20.3. The Bertz CT molecular complexity index is 4660. The molecule has 74 heavy (non-hydrogen) atoms. The van der Waals surface area contributed by atoms with E-state index in [1.54, 1.807) is 0 Å². The van der Waals surface area contributed by atoms with Gasteiger partial charge in [-0.1, -0.05) is 164 Å². The van der Waals surface area contributed by atoms with Crippen LogP contribution >= 0.6 is 11.3 Å². The van der Waals surface area contributed by atoms with Crippen molar-refractivity contribution >= 4 is 103 Å². The number of nitrogens with zero attached hydrogens (tertiary/aromatic N) is 3. The van der Waals surface area contributed by atoms with Crippen LogP contribution in [0.1, 0.15) is 0 Å². The molecule has 0 fully saturated rings. The average Bonchev–Trinajstić information content (AvgIpc) is 4.14. The number of para-hydroxylation sites is 5. The van der Waals surface area contributed by atoms with Crippen LogP contribution in [0.25, 0.3) is 119 Å². The molecule has 0 aliphatic carbocycles. The normalized spacial score (nSPS) is 11.8. The second-order valence-electron chi connectivity index (χ2n) is 19.3. The third-order valence-corrected chi connectivity index (χ3v) is 16.2. The Balaban J connectivity index is 0.941. The van der Waals surface area contributed by atoms with Gasteiger partial charge >= 0.3 is 0 Å². The molecule has 0 aliphatic heterocycles. The molecule has 0 N–H and O–H groups in total. The fourth-order valence-corrected chi connectivity index (χ4v) is 12.9. The summed E-state index contributed by atoms with van der Waals surface area (Å²) in [7, 11) is 0. The molecule has 0 radical (unpaired) electrons. The Morgan fingerprint density at radius 3 is 1.51 bits per heavy atom. The zero-order valence-electron chi connectivity index (χ0n) is 40.2. The zero-order valence-corrected chi connectivity index (χ0v) is 41.0. The standard InChI is InChI=1S/C70H45N3S/c1-4-20-53(21-5-1)71(66-33-17-30-61-69-57-27-11-10-18-46(57)36-39-68(69)74-70(61)66)56-26-16-19-47(43-56)50-40-51(48-35-38-65-62(44-48)59-29-13-15-32-64(59)72(65)54-22-6-2-7-23-54)42-52(41-50)49-34-37-60-58-28-12-14-31-63(58)73(67(60)45-49)55-24-8-3-9-25-55/h1-45H. The fourth-order valence-electron chi connectivity index (χ4n) is 11.7. The fraction of sp³-hybridized carbons (Fsp3) is 0. The summed E-state index contributed by atoms with van der Waals surface area (Å²) < 4.78 is 7.37. The maximum Gasteiger partial charge on any atom is 0.0640 e. The van der Waals surface area contributed by atoms with Crippen molar-refractivity contribution in [1.29, 1.82) is 0 Å². The van der Waals surface area contributed by atoms with E-state index in [0.717, 1.165) is 56.3 Å². The van der Waals surface area contributed by atoms with Gasteiger partial charge in [0, 0.05) is 59.8 Å². The minimum Gasteiger partial charge on any atom is -0.309 e. The molecule has 0 spiro atoms. The van der Waals surface area contributed by atoms with Crippen LogP contribution in [0.15, 0.2) is 273 Å². The van der Waals surface area contributed by atoms with E-state index in [0.29, 0.717) is 0 Å². The van der Waals surface area contributed by atoms with Crippen molar-refractivity contribution in [2.75, 3.05) is 4.90 Å². The number of hydrogen-bond donors (Lipinski definition) is 0. The maximum atomic E-state index is 2.45. The number of thiophene rings is 1. The van der Waals surface area contributed by atoms with Gasteiger partial charge in [0.25, 0.3) is 0 Å². The number of anilines is 3. The van der Waals surface area contributed by atoms with Crippen LogP contribution in [0.5, 0.6) is 0 Å². The van der Waals surface area contributed by atoms with E-state index >= 15 is 0 Å². The zero-order chi connectivity index (χ0) is 48.7. The topological polar surface area (TPSA) is 13.1 Å². The Hall–Kier alpha value is -9.48. The molecule has 0 amide bonds. The Labute approximate surface area is 432 Å².